The van der Waals surface area contributed by atoms with Gasteiger partial charge in [-0.3, -0.25) is 4.98 Å². The molecule has 0 amide bonds. The highest BCUT2D eigenvalue weighted by molar-refractivity contribution is 5.83. The molecule has 136 valence electrons. The third kappa shape index (κ3) is 4.30. The van der Waals surface area contributed by atoms with E-state index in [-0.39, 0.29) is 0 Å². The van der Waals surface area contributed by atoms with Crippen molar-refractivity contribution in [3.05, 3.63) is 66.7 Å². The molecule has 4 aromatic rings. The summed E-state index contributed by atoms with van der Waals surface area (Å²) in [6, 6.07) is 13.6. The van der Waals surface area contributed by atoms with E-state index in [4.69, 9.17) is 4.74 Å². The second-order valence-corrected chi connectivity index (χ2v) is 5.80. The first-order chi connectivity index (χ1) is 13.4. The normalized spacial score (nSPS) is 10.7. The lowest BCUT2D eigenvalue weighted by atomic mass is 10.3. The van der Waals surface area contributed by atoms with E-state index in [9.17, 15) is 0 Å². The molecule has 0 atom stereocenters. The Hall–Kier alpha value is -3.68. The monoisotopic (exact) mass is 361 g/mol. The molecule has 4 rings (SSSR count). The van der Waals surface area contributed by atoms with Crippen molar-refractivity contribution >= 4 is 22.9 Å². The van der Waals surface area contributed by atoms with Gasteiger partial charge >= 0.3 is 0 Å². The topological polar surface area (TPSA) is 101 Å². The number of para-hydroxylation sites is 1. The van der Waals surface area contributed by atoms with Gasteiger partial charge in [-0.15, -0.1) is 0 Å². The van der Waals surface area contributed by atoms with E-state index >= 15 is 0 Å². The summed E-state index contributed by atoms with van der Waals surface area (Å²) in [5.41, 5.74) is 2.42. The van der Waals surface area contributed by atoms with Gasteiger partial charge in [0.05, 0.1) is 12.9 Å². The van der Waals surface area contributed by atoms with Crippen molar-refractivity contribution in [2.75, 3.05) is 23.8 Å². The number of benzene rings is 1. The summed E-state index contributed by atoms with van der Waals surface area (Å²) in [6.45, 7) is 1.70. The van der Waals surface area contributed by atoms with Crippen LogP contribution in [0.2, 0.25) is 0 Å². The molecule has 0 aliphatic rings. The average molecular weight is 361 g/mol. The van der Waals surface area contributed by atoms with Crippen LogP contribution in [0.3, 0.4) is 0 Å². The number of hydrogen-bond acceptors (Lipinski definition) is 7. The fourth-order valence-corrected chi connectivity index (χ4v) is 2.58. The molecular formula is C19H19N7O. The second kappa shape index (κ2) is 8.13. The number of nitrogens with one attached hydrogen (secondary N) is 3. The van der Waals surface area contributed by atoms with Crippen LogP contribution in [0.1, 0.15) is 5.56 Å². The number of imidazole rings is 1. The number of nitrogens with zero attached hydrogens (tertiary/aromatic N) is 4. The Morgan fingerprint density at radius 3 is 2.78 bits per heavy atom. The van der Waals surface area contributed by atoms with Crippen molar-refractivity contribution in [1.82, 2.24) is 24.9 Å². The quantitative estimate of drug-likeness (QED) is 0.415. The molecule has 0 saturated carbocycles. The maximum atomic E-state index is 5.70. The number of anilines is 2. The number of ether oxygens (including phenoxy) is 1. The number of hydrogen-bond donors (Lipinski definition) is 3. The fraction of sp³-hybridized carbons (Fsp3) is 0.158. The van der Waals surface area contributed by atoms with Gasteiger partial charge in [0, 0.05) is 18.9 Å². The number of aromatic amines is 1. The summed E-state index contributed by atoms with van der Waals surface area (Å²) in [7, 11) is 0. The van der Waals surface area contributed by atoms with E-state index in [0.29, 0.717) is 37.1 Å². The third-order valence-corrected chi connectivity index (χ3v) is 3.87. The Balaban J connectivity index is 1.41. The average Bonchev–Trinajstić information content (AvgIpc) is 3.20. The van der Waals surface area contributed by atoms with Crippen LogP contribution in [0.5, 0.6) is 5.75 Å². The predicted octanol–water partition coefficient (Wildman–Crippen LogP) is 2.85. The van der Waals surface area contributed by atoms with Crippen LogP contribution in [-0.4, -0.2) is 38.1 Å². The van der Waals surface area contributed by atoms with E-state index in [1.165, 1.54) is 0 Å². The Morgan fingerprint density at radius 2 is 1.93 bits per heavy atom. The molecule has 1 aromatic carbocycles. The van der Waals surface area contributed by atoms with E-state index in [1.54, 1.807) is 18.7 Å². The molecule has 3 N–H and O–H groups in total. The molecule has 0 aliphatic carbocycles. The first-order valence-corrected chi connectivity index (χ1v) is 8.64. The van der Waals surface area contributed by atoms with Gasteiger partial charge in [0.15, 0.2) is 11.5 Å². The molecule has 0 fully saturated rings. The van der Waals surface area contributed by atoms with Gasteiger partial charge in [-0.2, -0.15) is 9.97 Å². The van der Waals surface area contributed by atoms with Crippen molar-refractivity contribution in [2.45, 2.75) is 6.54 Å². The molecule has 0 spiro atoms. The van der Waals surface area contributed by atoms with Crippen molar-refractivity contribution in [1.29, 1.82) is 0 Å². The summed E-state index contributed by atoms with van der Waals surface area (Å²) < 4.78 is 5.70. The first kappa shape index (κ1) is 16.8. The van der Waals surface area contributed by atoms with Crippen LogP contribution in [0.25, 0.3) is 11.2 Å². The molecule has 0 unspecified atom stereocenters. The molecule has 8 nitrogen and oxygen atoms in total. The molecular weight excluding hydrogens is 342 g/mol. The predicted molar refractivity (Wildman–Crippen MR) is 104 cm³/mol. The minimum atomic E-state index is 0.505. The van der Waals surface area contributed by atoms with Gasteiger partial charge in [-0.1, -0.05) is 24.3 Å². The second-order valence-electron chi connectivity index (χ2n) is 5.80. The van der Waals surface area contributed by atoms with E-state index in [1.807, 2.05) is 42.5 Å². The third-order valence-electron chi connectivity index (χ3n) is 3.87. The summed E-state index contributed by atoms with van der Waals surface area (Å²) in [4.78, 5) is 20.4. The Kier molecular flexibility index (Phi) is 5.05. The Morgan fingerprint density at radius 1 is 1.00 bits per heavy atom. The van der Waals surface area contributed by atoms with Crippen LogP contribution in [0, 0.1) is 0 Å². The lowest BCUT2D eigenvalue weighted by Crippen LogP contribution is -2.14. The molecule has 8 heteroatoms. The Bertz CT molecular complexity index is 989. The van der Waals surface area contributed by atoms with Gasteiger partial charge in [0.1, 0.15) is 17.9 Å². The fourth-order valence-electron chi connectivity index (χ4n) is 2.58. The number of aromatic nitrogens is 5. The van der Waals surface area contributed by atoms with Crippen molar-refractivity contribution < 1.29 is 4.74 Å². The molecule has 3 aromatic heterocycles. The molecule has 0 radical (unpaired) electrons. The summed E-state index contributed by atoms with van der Waals surface area (Å²) in [5.74, 6) is 2.03. The van der Waals surface area contributed by atoms with Gasteiger partial charge < -0.3 is 20.4 Å². The highest BCUT2D eigenvalue weighted by Crippen LogP contribution is 2.19. The molecule has 3 heterocycles. The van der Waals surface area contributed by atoms with Crippen LogP contribution < -0.4 is 15.4 Å². The largest absolute Gasteiger partial charge is 0.492 e. The van der Waals surface area contributed by atoms with Crippen LogP contribution in [0.15, 0.2) is 61.2 Å². The summed E-state index contributed by atoms with van der Waals surface area (Å²) in [6.07, 6.45) is 5.16. The summed E-state index contributed by atoms with van der Waals surface area (Å²) in [5, 5.41) is 6.50. The van der Waals surface area contributed by atoms with E-state index in [0.717, 1.165) is 16.8 Å². The SMILES string of the molecule is c1ccc(OCCNc2nc(NCc3cccnc3)nc3nc[nH]c23)cc1. The van der Waals surface area contributed by atoms with Crippen LogP contribution in [-0.2, 0) is 6.54 Å². The minimum absolute atomic E-state index is 0.505. The van der Waals surface area contributed by atoms with E-state index < -0.39 is 0 Å². The zero-order valence-electron chi connectivity index (χ0n) is 14.6. The molecule has 0 bridgehead atoms. The zero-order chi connectivity index (χ0) is 18.3. The maximum absolute atomic E-state index is 5.70. The number of rotatable bonds is 8. The van der Waals surface area contributed by atoms with Gasteiger partial charge in [0.25, 0.3) is 0 Å². The smallest absolute Gasteiger partial charge is 0.227 e. The maximum Gasteiger partial charge on any atom is 0.227 e. The zero-order valence-corrected chi connectivity index (χ0v) is 14.6. The summed E-state index contributed by atoms with van der Waals surface area (Å²) >= 11 is 0. The molecule has 0 aliphatic heterocycles. The Labute approximate surface area is 156 Å². The highest BCUT2D eigenvalue weighted by Gasteiger charge is 2.09. The van der Waals surface area contributed by atoms with Crippen molar-refractivity contribution in [3.8, 4) is 5.75 Å². The van der Waals surface area contributed by atoms with Crippen molar-refractivity contribution in [3.63, 3.8) is 0 Å². The van der Waals surface area contributed by atoms with Gasteiger partial charge in [0.2, 0.25) is 5.95 Å². The lowest BCUT2D eigenvalue weighted by Gasteiger charge is -2.10. The molecule has 0 saturated heterocycles. The number of H-pyrrole nitrogens is 1. The standard InChI is InChI=1S/C19H19N7O/c1-2-6-15(7-3-1)27-10-9-21-17-16-18(24-13-23-16)26-19(25-17)22-12-14-5-4-8-20-11-14/h1-8,11,13H,9-10,12H2,(H3,21,22,23,24,25,26). The number of pyridine rings is 1. The van der Waals surface area contributed by atoms with Crippen LogP contribution >= 0.6 is 0 Å². The van der Waals surface area contributed by atoms with Gasteiger partial charge in [-0.25, -0.2) is 4.98 Å². The first-order valence-electron chi connectivity index (χ1n) is 8.64. The van der Waals surface area contributed by atoms with Crippen LogP contribution in [0.4, 0.5) is 11.8 Å². The highest BCUT2D eigenvalue weighted by atomic mass is 16.5. The minimum Gasteiger partial charge on any atom is -0.492 e. The number of fused-ring (bicyclic) bond motifs is 1. The molecule has 27 heavy (non-hydrogen) atoms. The lowest BCUT2D eigenvalue weighted by molar-refractivity contribution is 0.333. The van der Waals surface area contributed by atoms with E-state index in [2.05, 4.69) is 35.6 Å². The van der Waals surface area contributed by atoms with Gasteiger partial charge in [-0.05, 0) is 23.8 Å². The van der Waals surface area contributed by atoms with Crippen molar-refractivity contribution in [2.24, 2.45) is 0 Å².